The molecule has 4 heteroatoms. The van der Waals surface area contributed by atoms with Crippen molar-refractivity contribution in [1.29, 1.82) is 0 Å². The Hall–Kier alpha value is -1.84. The Labute approximate surface area is 107 Å². The molecule has 1 aromatic carbocycles. The lowest BCUT2D eigenvalue weighted by molar-refractivity contribution is 0.752. The van der Waals surface area contributed by atoms with Gasteiger partial charge in [-0.25, -0.2) is 9.67 Å². The van der Waals surface area contributed by atoms with Crippen LogP contribution in [0.15, 0.2) is 18.2 Å². The number of aromatic nitrogens is 3. The van der Waals surface area contributed by atoms with E-state index in [4.69, 9.17) is 0 Å². The van der Waals surface area contributed by atoms with E-state index >= 15 is 0 Å². The van der Waals surface area contributed by atoms with Crippen molar-refractivity contribution in [3.63, 3.8) is 0 Å². The van der Waals surface area contributed by atoms with E-state index in [-0.39, 0.29) is 0 Å². The molecule has 94 valence electrons. The molecule has 2 aromatic rings. The molecule has 1 aliphatic rings. The molecule has 18 heavy (non-hydrogen) atoms. The van der Waals surface area contributed by atoms with Crippen LogP contribution in [0.1, 0.15) is 24.7 Å². The Morgan fingerprint density at radius 3 is 3.06 bits per heavy atom. The molecule has 0 atom stereocenters. The number of rotatable bonds is 2. The highest BCUT2D eigenvalue weighted by atomic mass is 15.3. The highest BCUT2D eigenvalue weighted by Gasteiger charge is 2.13. The molecule has 1 aromatic heterocycles. The van der Waals surface area contributed by atoms with Gasteiger partial charge >= 0.3 is 0 Å². The van der Waals surface area contributed by atoms with Crippen LogP contribution in [0.2, 0.25) is 0 Å². The zero-order chi connectivity index (χ0) is 12.5. The Bertz CT molecular complexity index is 571. The quantitative estimate of drug-likeness (QED) is 0.879. The van der Waals surface area contributed by atoms with E-state index in [0.29, 0.717) is 0 Å². The van der Waals surface area contributed by atoms with Gasteiger partial charge in [-0.1, -0.05) is 6.92 Å². The lowest BCUT2D eigenvalue weighted by atomic mass is 10.0. The Kier molecular flexibility index (Phi) is 2.78. The maximum Gasteiger partial charge on any atom is 0.158 e. The molecule has 1 aliphatic heterocycles. The maximum atomic E-state index is 4.58. The molecule has 0 fully saturated rings. The average molecular weight is 242 g/mol. The van der Waals surface area contributed by atoms with Crippen LogP contribution in [0, 0.1) is 0 Å². The number of anilines is 1. The van der Waals surface area contributed by atoms with E-state index in [1.807, 2.05) is 11.7 Å². The third kappa shape index (κ3) is 1.88. The van der Waals surface area contributed by atoms with Gasteiger partial charge in [0, 0.05) is 31.3 Å². The number of hydrogen-bond donors (Lipinski definition) is 1. The average Bonchev–Trinajstić information content (AvgIpc) is 2.79. The van der Waals surface area contributed by atoms with Crippen LogP contribution >= 0.6 is 0 Å². The van der Waals surface area contributed by atoms with E-state index in [1.165, 1.54) is 17.7 Å². The Morgan fingerprint density at radius 1 is 1.39 bits per heavy atom. The first-order valence-electron chi connectivity index (χ1n) is 6.55. The minimum atomic E-state index is 0.875. The second-order valence-electron chi connectivity index (χ2n) is 4.73. The van der Waals surface area contributed by atoms with Crippen molar-refractivity contribution in [1.82, 2.24) is 14.8 Å². The number of nitrogens with one attached hydrogen (secondary N) is 1. The summed E-state index contributed by atoms with van der Waals surface area (Å²) in [6.45, 7) is 3.16. The highest BCUT2D eigenvalue weighted by molar-refractivity contribution is 5.64. The van der Waals surface area contributed by atoms with Crippen LogP contribution in [-0.4, -0.2) is 21.3 Å². The van der Waals surface area contributed by atoms with Gasteiger partial charge in [-0.2, -0.15) is 5.10 Å². The van der Waals surface area contributed by atoms with Crippen molar-refractivity contribution in [2.45, 2.75) is 26.2 Å². The number of aryl methyl sites for hydroxylation is 3. The molecule has 3 rings (SSSR count). The van der Waals surface area contributed by atoms with Crippen LogP contribution in [0.4, 0.5) is 5.69 Å². The minimum absolute atomic E-state index is 0.875. The largest absolute Gasteiger partial charge is 0.385 e. The fourth-order valence-electron chi connectivity index (χ4n) is 2.45. The second kappa shape index (κ2) is 4.44. The zero-order valence-corrected chi connectivity index (χ0v) is 10.9. The molecule has 0 bridgehead atoms. The van der Waals surface area contributed by atoms with Gasteiger partial charge in [0.1, 0.15) is 0 Å². The molecule has 0 unspecified atom stereocenters. The monoisotopic (exact) mass is 242 g/mol. The summed E-state index contributed by atoms with van der Waals surface area (Å²) in [6.07, 6.45) is 3.23. The van der Waals surface area contributed by atoms with Crippen molar-refractivity contribution in [2.75, 3.05) is 11.9 Å². The summed E-state index contributed by atoms with van der Waals surface area (Å²) in [5.74, 6) is 1.86. The van der Waals surface area contributed by atoms with Gasteiger partial charge in [0.2, 0.25) is 0 Å². The van der Waals surface area contributed by atoms with Crippen LogP contribution in [-0.2, 0) is 19.9 Å². The van der Waals surface area contributed by atoms with Crippen LogP contribution < -0.4 is 5.32 Å². The smallest absolute Gasteiger partial charge is 0.158 e. The first kappa shape index (κ1) is 11.3. The molecule has 0 spiro atoms. The third-order valence-electron chi connectivity index (χ3n) is 3.42. The molecule has 2 heterocycles. The van der Waals surface area contributed by atoms with Crippen molar-refractivity contribution >= 4 is 5.69 Å². The molecule has 0 radical (unpaired) electrons. The molecule has 0 saturated carbocycles. The number of benzene rings is 1. The summed E-state index contributed by atoms with van der Waals surface area (Å²) in [5.41, 5.74) is 3.81. The Balaban J connectivity index is 2.03. The van der Waals surface area contributed by atoms with Gasteiger partial charge in [-0.05, 0) is 36.6 Å². The molecular formula is C14H18N4. The maximum absolute atomic E-state index is 4.58. The van der Waals surface area contributed by atoms with Gasteiger partial charge in [0.05, 0.1) is 0 Å². The number of fused-ring (bicyclic) bond motifs is 1. The van der Waals surface area contributed by atoms with E-state index in [2.05, 4.69) is 40.5 Å². The van der Waals surface area contributed by atoms with Gasteiger partial charge in [-0.15, -0.1) is 0 Å². The van der Waals surface area contributed by atoms with Gasteiger partial charge in [0.15, 0.2) is 11.6 Å². The summed E-state index contributed by atoms with van der Waals surface area (Å²) >= 11 is 0. The molecule has 1 N–H and O–H groups in total. The first-order valence-corrected chi connectivity index (χ1v) is 6.55. The number of nitrogens with zero attached hydrogens (tertiary/aromatic N) is 3. The van der Waals surface area contributed by atoms with E-state index in [9.17, 15) is 0 Å². The summed E-state index contributed by atoms with van der Waals surface area (Å²) in [5, 5.41) is 7.84. The molecule has 0 aliphatic carbocycles. The number of hydrogen-bond acceptors (Lipinski definition) is 3. The molecule has 0 amide bonds. The Morgan fingerprint density at radius 2 is 2.28 bits per heavy atom. The van der Waals surface area contributed by atoms with E-state index in [0.717, 1.165) is 36.6 Å². The topological polar surface area (TPSA) is 42.7 Å². The second-order valence-corrected chi connectivity index (χ2v) is 4.73. The normalized spacial score (nSPS) is 14.1. The van der Waals surface area contributed by atoms with Crippen molar-refractivity contribution < 1.29 is 0 Å². The van der Waals surface area contributed by atoms with E-state index in [1.54, 1.807) is 0 Å². The first-order chi connectivity index (χ1) is 8.78. The lowest BCUT2D eigenvalue weighted by Crippen LogP contribution is -2.11. The fraction of sp³-hybridized carbons (Fsp3) is 0.429. The summed E-state index contributed by atoms with van der Waals surface area (Å²) < 4.78 is 1.87. The molecular weight excluding hydrogens is 224 g/mol. The van der Waals surface area contributed by atoms with E-state index < -0.39 is 0 Å². The lowest BCUT2D eigenvalue weighted by Gasteiger charge is -2.18. The van der Waals surface area contributed by atoms with Gasteiger partial charge in [-0.3, -0.25) is 0 Å². The van der Waals surface area contributed by atoms with Crippen molar-refractivity contribution in [2.24, 2.45) is 7.05 Å². The summed E-state index contributed by atoms with van der Waals surface area (Å²) in [4.78, 5) is 4.58. The van der Waals surface area contributed by atoms with Crippen molar-refractivity contribution in [3.05, 3.63) is 29.6 Å². The fourth-order valence-corrected chi connectivity index (χ4v) is 2.45. The van der Waals surface area contributed by atoms with Gasteiger partial charge < -0.3 is 5.32 Å². The van der Waals surface area contributed by atoms with Gasteiger partial charge in [0.25, 0.3) is 0 Å². The standard InChI is InChI=1S/C14H18N4/c1-3-13-16-14(18(2)17-13)11-6-7-12-10(9-11)5-4-8-15-12/h6-7,9,15H,3-5,8H2,1-2H3. The SMILES string of the molecule is CCc1nc(-c2ccc3c(c2)CCCN3)n(C)n1. The van der Waals surface area contributed by atoms with Crippen LogP contribution in [0.25, 0.3) is 11.4 Å². The predicted molar refractivity (Wildman–Crippen MR) is 72.6 cm³/mol. The molecule has 0 saturated heterocycles. The predicted octanol–water partition coefficient (Wildman–Crippen LogP) is 2.40. The summed E-state index contributed by atoms with van der Waals surface area (Å²) in [7, 11) is 1.96. The highest BCUT2D eigenvalue weighted by Crippen LogP contribution is 2.27. The van der Waals surface area contributed by atoms with Crippen LogP contribution in [0.3, 0.4) is 0 Å². The minimum Gasteiger partial charge on any atom is -0.385 e. The third-order valence-corrected chi connectivity index (χ3v) is 3.42. The summed E-state index contributed by atoms with van der Waals surface area (Å²) in [6, 6.07) is 6.52. The van der Waals surface area contributed by atoms with Crippen molar-refractivity contribution in [3.8, 4) is 11.4 Å². The zero-order valence-electron chi connectivity index (χ0n) is 10.9. The molecule has 4 nitrogen and oxygen atoms in total. The van der Waals surface area contributed by atoms with Crippen LogP contribution in [0.5, 0.6) is 0 Å².